The molecule has 2 aliphatic heterocycles. The minimum atomic E-state index is 0.338. The van der Waals surface area contributed by atoms with Gasteiger partial charge >= 0.3 is 0 Å². The second kappa shape index (κ2) is 6.10. The van der Waals surface area contributed by atoms with E-state index < -0.39 is 0 Å². The molecule has 2 rings (SSSR count). The van der Waals surface area contributed by atoms with Gasteiger partial charge in [-0.3, -0.25) is 4.79 Å². The van der Waals surface area contributed by atoms with E-state index in [1.807, 2.05) is 4.90 Å². The van der Waals surface area contributed by atoms with Crippen molar-refractivity contribution in [3.8, 4) is 0 Å². The van der Waals surface area contributed by atoms with Crippen molar-refractivity contribution in [3.05, 3.63) is 0 Å². The van der Waals surface area contributed by atoms with Gasteiger partial charge in [-0.2, -0.15) is 11.8 Å². The van der Waals surface area contributed by atoms with Gasteiger partial charge in [-0.25, -0.2) is 0 Å². The fourth-order valence-corrected chi connectivity index (χ4v) is 3.94. The van der Waals surface area contributed by atoms with Gasteiger partial charge in [0.25, 0.3) is 0 Å². The molecule has 0 radical (unpaired) electrons. The molecule has 4 heteroatoms. The Morgan fingerprint density at radius 2 is 2.35 bits per heavy atom. The van der Waals surface area contributed by atoms with Crippen LogP contribution in [0.25, 0.3) is 0 Å². The zero-order chi connectivity index (χ0) is 12.3. The van der Waals surface area contributed by atoms with Gasteiger partial charge in [0.05, 0.1) is 0 Å². The maximum Gasteiger partial charge on any atom is 0.222 e. The highest BCUT2D eigenvalue weighted by atomic mass is 32.2. The summed E-state index contributed by atoms with van der Waals surface area (Å²) in [4.78, 5) is 13.6. The van der Waals surface area contributed by atoms with Crippen molar-refractivity contribution >= 4 is 17.7 Å². The second-order valence-electron chi connectivity index (χ2n) is 5.34. The molecule has 0 aromatic rings. The first-order valence-electron chi connectivity index (χ1n) is 6.82. The summed E-state index contributed by atoms with van der Waals surface area (Å²) in [5, 5.41) is 4.41. The molecule has 0 spiro atoms. The molecule has 0 saturated carbocycles. The van der Waals surface area contributed by atoms with Crippen LogP contribution in [-0.2, 0) is 4.79 Å². The molecule has 17 heavy (non-hydrogen) atoms. The Morgan fingerprint density at radius 3 is 3.00 bits per heavy atom. The van der Waals surface area contributed by atoms with Crippen LogP contribution in [-0.4, -0.2) is 47.0 Å². The lowest BCUT2D eigenvalue weighted by Crippen LogP contribution is -2.48. The van der Waals surface area contributed by atoms with E-state index in [2.05, 4.69) is 30.9 Å². The average molecular weight is 256 g/mol. The molecule has 0 aromatic heterocycles. The van der Waals surface area contributed by atoms with Crippen LogP contribution in [0.2, 0.25) is 0 Å². The summed E-state index contributed by atoms with van der Waals surface area (Å²) in [7, 11) is 0. The van der Waals surface area contributed by atoms with E-state index in [1.54, 1.807) is 0 Å². The number of carbonyl (C=O) groups excluding carboxylic acids is 1. The Morgan fingerprint density at radius 1 is 1.53 bits per heavy atom. The van der Waals surface area contributed by atoms with Gasteiger partial charge in [-0.1, -0.05) is 6.92 Å². The van der Waals surface area contributed by atoms with Crippen molar-refractivity contribution in [2.75, 3.05) is 18.8 Å². The first kappa shape index (κ1) is 13.2. The van der Waals surface area contributed by atoms with Crippen molar-refractivity contribution in [1.82, 2.24) is 10.2 Å². The van der Waals surface area contributed by atoms with Crippen molar-refractivity contribution in [2.45, 2.75) is 56.9 Å². The fourth-order valence-electron chi connectivity index (χ4n) is 2.79. The molecule has 0 aromatic carbocycles. The third kappa shape index (κ3) is 3.62. The maximum atomic E-state index is 11.6. The summed E-state index contributed by atoms with van der Waals surface area (Å²) in [5.74, 6) is 1.64. The number of amides is 1. The fraction of sp³-hybridized carbons (Fsp3) is 0.923. The predicted molar refractivity (Wildman–Crippen MR) is 73.4 cm³/mol. The summed E-state index contributed by atoms with van der Waals surface area (Å²) in [6, 6.07) is 1.05. The van der Waals surface area contributed by atoms with Gasteiger partial charge in [0.15, 0.2) is 0 Å². The van der Waals surface area contributed by atoms with Gasteiger partial charge in [-0.15, -0.1) is 0 Å². The molecule has 98 valence electrons. The molecular formula is C13H24N2OS. The second-order valence-corrected chi connectivity index (χ2v) is 6.82. The molecule has 2 saturated heterocycles. The van der Waals surface area contributed by atoms with Crippen molar-refractivity contribution in [3.63, 3.8) is 0 Å². The Balaban J connectivity index is 1.76. The number of hydrogen-bond donors (Lipinski definition) is 1. The standard InChI is InChI=1S/C13H24N2OS/c1-10(9-15-7-3-6-13(15)16)14-12-5-4-8-17-11(12)2/h10-12,14H,3-9H2,1-2H3. The van der Waals surface area contributed by atoms with Crippen LogP contribution in [0.15, 0.2) is 0 Å². The Bertz CT molecular complexity index is 272. The maximum absolute atomic E-state index is 11.6. The van der Waals surface area contributed by atoms with Crippen LogP contribution in [0.3, 0.4) is 0 Å². The van der Waals surface area contributed by atoms with Crippen molar-refractivity contribution < 1.29 is 4.79 Å². The van der Waals surface area contributed by atoms with Gasteiger partial charge in [0, 0.05) is 36.8 Å². The van der Waals surface area contributed by atoms with E-state index in [0.717, 1.165) is 25.9 Å². The van der Waals surface area contributed by atoms with Crippen LogP contribution in [0.5, 0.6) is 0 Å². The molecule has 0 aliphatic carbocycles. The first-order valence-corrected chi connectivity index (χ1v) is 7.87. The monoisotopic (exact) mass is 256 g/mol. The largest absolute Gasteiger partial charge is 0.341 e. The molecule has 3 nitrogen and oxygen atoms in total. The van der Waals surface area contributed by atoms with Crippen LogP contribution in [0, 0.1) is 0 Å². The van der Waals surface area contributed by atoms with Crippen molar-refractivity contribution in [2.24, 2.45) is 0 Å². The van der Waals surface area contributed by atoms with Crippen molar-refractivity contribution in [1.29, 1.82) is 0 Å². The summed E-state index contributed by atoms with van der Waals surface area (Å²) in [6.45, 7) is 6.36. The van der Waals surface area contributed by atoms with E-state index in [0.29, 0.717) is 23.2 Å². The minimum absolute atomic E-state index is 0.338. The van der Waals surface area contributed by atoms with Crippen LogP contribution < -0.4 is 5.32 Å². The number of likely N-dealkylation sites (tertiary alicyclic amines) is 1. The highest BCUT2D eigenvalue weighted by Gasteiger charge is 2.26. The highest BCUT2D eigenvalue weighted by Crippen LogP contribution is 2.25. The van der Waals surface area contributed by atoms with E-state index in [9.17, 15) is 4.79 Å². The lowest BCUT2D eigenvalue weighted by Gasteiger charge is -2.33. The summed E-state index contributed by atoms with van der Waals surface area (Å²) in [5.41, 5.74) is 0. The summed E-state index contributed by atoms with van der Waals surface area (Å²) >= 11 is 2.07. The third-order valence-electron chi connectivity index (χ3n) is 3.77. The minimum Gasteiger partial charge on any atom is -0.341 e. The molecule has 3 unspecified atom stereocenters. The molecule has 0 bridgehead atoms. The molecule has 1 N–H and O–H groups in total. The number of nitrogens with one attached hydrogen (secondary N) is 1. The van der Waals surface area contributed by atoms with Gasteiger partial charge in [0.1, 0.15) is 0 Å². The van der Waals surface area contributed by atoms with Gasteiger partial charge < -0.3 is 10.2 Å². The number of thioether (sulfide) groups is 1. The zero-order valence-electron chi connectivity index (χ0n) is 10.9. The first-order chi connectivity index (χ1) is 8.16. The Labute approximate surface area is 109 Å². The quantitative estimate of drug-likeness (QED) is 0.833. The topological polar surface area (TPSA) is 32.3 Å². The molecular weight excluding hydrogens is 232 g/mol. The number of nitrogens with zero attached hydrogens (tertiary/aromatic N) is 1. The molecule has 1 amide bonds. The smallest absolute Gasteiger partial charge is 0.222 e. The summed E-state index contributed by atoms with van der Waals surface area (Å²) in [6.07, 6.45) is 4.40. The lowest BCUT2D eigenvalue weighted by molar-refractivity contribution is -0.127. The highest BCUT2D eigenvalue weighted by molar-refractivity contribution is 7.99. The van der Waals surface area contributed by atoms with Crippen LogP contribution in [0.4, 0.5) is 0 Å². The Hall–Kier alpha value is -0.220. The molecule has 2 heterocycles. The van der Waals surface area contributed by atoms with E-state index in [1.165, 1.54) is 18.6 Å². The SMILES string of the molecule is CC(CN1CCCC1=O)NC1CCCSC1C. The summed E-state index contributed by atoms with van der Waals surface area (Å²) < 4.78 is 0. The van der Waals surface area contributed by atoms with Crippen LogP contribution >= 0.6 is 11.8 Å². The molecule has 2 fully saturated rings. The zero-order valence-corrected chi connectivity index (χ0v) is 11.8. The third-order valence-corrected chi connectivity index (χ3v) is 5.15. The Kier molecular flexibility index (Phi) is 4.74. The van der Waals surface area contributed by atoms with Crippen LogP contribution in [0.1, 0.15) is 39.5 Å². The molecule has 2 aliphatic rings. The van der Waals surface area contributed by atoms with Gasteiger partial charge in [0.2, 0.25) is 5.91 Å². The predicted octanol–water partition coefficient (Wildman–Crippen LogP) is 1.87. The normalized spacial score (nSPS) is 31.9. The average Bonchev–Trinajstić information content (AvgIpc) is 2.68. The van der Waals surface area contributed by atoms with E-state index in [4.69, 9.17) is 0 Å². The van der Waals surface area contributed by atoms with Gasteiger partial charge in [-0.05, 0) is 31.9 Å². The van der Waals surface area contributed by atoms with E-state index >= 15 is 0 Å². The number of rotatable bonds is 4. The number of hydrogen-bond acceptors (Lipinski definition) is 3. The number of carbonyl (C=O) groups is 1. The van der Waals surface area contributed by atoms with E-state index in [-0.39, 0.29) is 0 Å². The lowest BCUT2D eigenvalue weighted by atomic mass is 10.1. The molecule has 3 atom stereocenters.